The molecule has 2 N–H and O–H groups in total. The second-order valence-corrected chi connectivity index (χ2v) is 7.24. The van der Waals surface area contributed by atoms with Gasteiger partial charge in [0.25, 0.3) is 0 Å². The molecule has 0 aliphatic carbocycles. The monoisotopic (exact) mass is 405 g/mol. The summed E-state index contributed by atoms with van der Waals surface area (Å²) in [6.45, 7) is 2.13. The van der Waals surface area contributed by atoms with Gasteiger partial charge in [-0.2, -0.15) is 13.2 Å². The Hall–Kier alpha value is -2.54. The van der Waals surface area contributed by atoms with E-state index in [0.717, 1.165) is 11.6 Å². The highest BCUT2D eigenvalue weighted by molar-refractivity contribution is 5.79. The van der Waals surface area contributed by atoms with Crippen molar-refractivity contribution in [3.63, 3.8) is 0 Å². The molecule has 4 nitrogen and oxygen atoms in total. The van der Waals surface area contributed by atoms with Gasteiger partial charge in [0.2, 0.25) is 0 Å². The van der Waals surface area contributed by atoms with Crippen molar-refractivity contribution in [3.05, 3.63) is 71.3 Å². The van der Waals surface area contributed by atoms with Gasteiger partial charge in [0.15, 0.2) is 5.96 Å². The number of guanidine groups is 1. The number of rotatable bonds is 5. The third-order valence-corrected chi connectivity index (χ3v) is 5.37. The van der Waals surface area contributed by atoms with Crippen LogP contribution in [0, 0.1) is 0 Å². The van der Waals surface area contributed by atoms with Gasteiger partial charge in [-0.3, -0.25) is 4.99 Å². The van der Waals surface area contributed by atoms with Crippen LogP contribution in [0.5, 0.6) is 0 Å². The van der Waals surface area contributed by atoms with Gasteiger partial charge in [0, 0.05) is 38.8 Å². The second-order valence-electron chi connectivity index (χ2n) is 7.24. The highest BCUT2D eigenvalue weighted by atomic mass is 19.4. The number of benzene rings is 2. The van der Waals surface area contributed by atoms with Crippen LogP contribution in [0.25, 0.3) is 0 Å². The summed E-state index contributed by atoms with van der Waals surface area (Å²) in [5, 5.41) is 6.57. The molecule has 1 aliphatic heterocycles. The Kier molecular flexibility index (Phi) is 6.79. The van der Waals surface area contributed by atoms with E-state index in [1.54, 1.807) is 13.1 Å². The number of nitrogens with one attached hydrogen (secondary N) is 2. The first-order chi connectivity index (χ1) is 13.9. The van der Waals surface area contributed by atoms with Crippen LogP contribution in [0.3, 0.4) is 0 Å². The van der Waals surface area contributed by atoms with Crippen LogP contribution in [-0.2, 0) is 22.9 Å². The number of hydrogen-bond donors (Lipinski definition) is 2. The van der Waals surface area contributed by atoms with Crippen molar-refractivity contribution in [2.75, 3.05) is 26.8 Å². The summed E-state index contributed by atoms with van der Waals surface area (Å²) in [5.41, 5.74) is 0.743. The van der Waals surface area contributed by atoms with Crippen LogP contribution in [0.15, 0.2) is 59.6 Å². The maximum absolute atomic E-state index is 13.2. The quantitative estimate of drug-likeness (QED) is 0.581. The molecule has 1 saturated heterocycles. The fraction of sp³-hybridized carbons (Fsp3) is 0.409. The first-order valence-electron chi connectivity index (χ1n) is 9.67. The minimum atomic E-state index is -4.36. The zero-order valence-corrected chi connectivity index (χ0v) is 16.4. The second kappa shape index (κ2) is 9.31. The van der Waals surface area contributed by atoms with Gasteiger partial charge in [0.1, 0.15) is 0 Å². The highest BCUT2D eigenvalue weighted by Crippen LogP contribution is 2.37. The van der Waals surface area contributed by atoms with E-state index in [1.807, 2.05) is 30.3 Å². The fourth-order valence-electron chi connectivity index (χ4n) is 3.61. The van der Waals surface area contributed by atoms with Crippen molar-refractivity contribution in [2.45, 2.75) is 31.0 Å². The molecule has 3 rings (SSSR count). The molecule has 29 heavy (non-hydrogen) atoms. The number of alkyl halides is 3. The Morgan fingerprint density at radius 3 is 2.41 bits per heavy atom. The van der Waals surface area contributed by atoms with Crippen LogP contribution in [0.2, 0.25) is 0 Å². The predicted octanol–water partition coefficient (Wildman–Crippen LogP) is 4.12. The molecule has 0 atom stereocenters. The van der Waals surface area contributed by atoms with Crippen LogP contribution in [0.4, 0.5) is 13.2 Å². The number of aliphatic imine (C=N–C) groups is 1. The van der Waals surface area contributed by atoms with Crippen molar-refractivity contribution < 1.29 is 17.9 Å². The Morgan fingerprint density at radius 1 is 1.03 bits per heavy atom. The normalized spacial score (nSPS) is 17.0. The summed E-state index contributed by atoms with van der Waals surface area (Å²) in [4.78, 5) is 4.25. The third kappa shape index (κ3) is 5.50. The molecule has 0 saturated carbocycles. The van der Waals surface area contributed by atoms with Gasteiger partial charge in [-0.05, 0) is 30.0 Å². The predicted molar refractivity (Wildman–Crippen MR) is 108 cm³/mol. The van der Waals surface area contributed by atoms with Crippen molar-refractivity contribution >= 4 is 5.96 Å². The summed E-state index contributed by atoms with van der Waals surface area (Å²) < 4.78 is 45.1. The zero-order chi connectivity index (χ0) is 20.7. The van der Waals surface area contributed by atoms with Crippen LogP contribution >= 0.6 is 0 Å². The molecule has 156 valence electrons. The minimum Gasteiger partial charge on any atom is -0.381 e. The topological polar surface area (TPSA) is 45.7 Å². The Balaban J connectivity index is 1.73. The fourth-order valence-corrected chi connectivity index (χ4v) is 3.61. The van der Waals surface area contributed by atoms with Crippen LogP contribution in [0.1, 0.15) is 29.5 Å². The van der Waals surface area contributed by atoms with Crippen LogP contribution in [-0.4, -0.2) is 32.8 Å². The lowest BCUT2D eigenvalue weighted by Gasteiger charge is -2.38. The summed E-state index contributed by atoms with van der Waals surface area (Å²) in [7, 11) is 1.68. The lowest BCUT2D eigenvalue weighted by atomic mass is 9.73. The maximum Gasteiger partial charge on any atom is 0.416 e. The highest BCUT2D eigenvalue weighted by Gasteiger charge is 2.37. The first kappa shape index (κ1) is 21.2. The number of nitrogens with zero attached hydrogens (tertiary/aromatic N) is 1. The molecule has 1 heterocycles. The molecular formula is C22H26F3N3O. The molecule has 0 aromatic heterocycles. The van der Waals surface area contributed by atoms with Gasteiger partial charge < -0.3 is 15.4 Å². The SMILES string of the molecule is CN=C(NCc1ccccc1)NCC1(c2cccc(C(F)(F)F)c2)CCOCC1. The lowest BCUT2D eigenvalue weighted by Crippen LogP contribution is -2.48. The molecule has 1 aliphatic rings. The Labute approximate surface area is 169 Å². The molecule has 7 heteroatoms. The average Bonchev–Trinajstić information content (AvgIpc) is 2.75. The molecule has 0 bridgehead atoms. The summed E-state index contributed by atoms with van der Waals surface area (Å²) in [5.74, 6) is 0.617. The molecule has 0 radical (unpaired) electrons. The smallest absolute Gasteiger partial charge is 0.381 e. The Bertz CT molecular complexity index is 816. The zero-order valence-electron chi connectivity index (χ0n) is 16.4. The first-order valence-corrected chi connectivity index (χ1v) is 9.67. The van der Waals surface area contributed by atoms with Crippen LogP contribution < -0.4 is 10.6 Å². The van der Waals surface area contributed by atoms with Gasteiger partial charge in [0.05, 0.1) is 5.56 Å². The van der Waals surface area contributed by atoms with Gasteiger partial charge in [-0.25, -0.2) is 0 Å². The molecule has 2 aromatic rings. The number of hydrogen-bond acceptors (Lipinski definition) is 2. The Morgan fingerprint density at radius 2 is 1.76 bits per heavy atom. The van der Waals surface area contributed by atoms with E-state index in [1.165, 1.54) is 12.1 Å². The van der Waals surface area contributed by atoms with E-state index in [9.17, 15) is 13.2 Å². The number of halogens is 3. The van der Waals surface area contributed by atoms with Crippen molar-refractivity contribution in [1.82, 2.24) is 10.6 Å². The summed E-state index contributed by atoms with van der Waals surface area (Å²) >= 11 is 0. The third-order valence-electron chi connectivity index (χ3n) is 5.37. The standard InChI is InChI=1S/C22H26F3N3O/c1-26-20(27-15-17-6-3-2-4-7-17)28-16-21(10-12-29-13-11-21)18-8-5-9-19(14-18)22(23,24)25/h2-9,14H,10-13,15-16H2,1H3,(H2,26,27,28). The van der Waals surface area contributed by atoms with Crippen molar-refractivity contribution in [2.24, 2.45) is 4.99 Å². The van der Waals surface area contributed by atoms with Gasteiger partial charge in [-0.1, -0.05) is 48.5 Å². The molecule has 0 unspecified atom stereocenters. The van der Waals surface area contributed by atoms with E-state index in [0.29, 0.717) is 50.7 Å². The van der Waals surface area contributed by atoms with E-state index < -0.39 is 17.2 Å². The molecule has 0 spiro atoms. The average molecular weight is 405 g/mol. The van der Waals surface area contributed by atoms with Gasteiger partial charge >= 0.3 is 6.18 Å². The van der Waals surface area contributed by atoms with Crippen molar-refractivity contribution in [1.29, 1.82) is 0 Å². The van der Waals surface area contributed by atoms with E-state index in [4.69, 9.17) is 4.74 Å². The van der Waals surface area contributed by atoms with Crippen molar-refractivity contribution in [3.8, 4) is 0 Å². The summed E-state index contributed by atoms with van der Waals surface area (Å²) in [6.07, 6.45) is -3.06. The van der Waals surface area contributed by atoms with E-state index in [2.05, 4.69) is 15.6 Å². The number of ether oxygens (including phenoxy) is 1. The maximum atomic E-state index is 13.2. The molecule has 1 fully saturated rings. The van der Waals surface area contributed by atoms with E-state index in [-0.39, 0.29) is 0 Å². The largest absolute Gasteiger partial charge is 0.416 e. The summed E-state index contributed by atoms with van der Waals surface area (Å²) in [6, 6.07) is 15.6. The lowest BCUT2D eigenvalue weighted by molar-refractivity contribution is -0.137. The molecular weight excluding hydrogens is 379 g/mol. The molecule has 2 aromatic carbocycles. The molecule has 0 amide bonds. The van der Waals surface area contributed by atoms with Gasteiger partial charge in [-0.15, -0.1) is 0 Å². The van der Waals surface area contributed by atoms with E-state index >= 15 is 0 Å². The minimum absolute atomic E-state index is 0.441.